The summed E-state index contributed by atoms with van der Waals surface area (Å²) in [6.07, 6.45) is 1.76. The number of rotatable bonds is 5. The van der Waals surface area contributed by atoms with Crippen LogP contribution in [0.3, 0.4) is 0 Å². The third-order valence-electron chi connectivity index (χ3n) is 6.05. The predicted octanol–water partition coefficient (Wildman–Crippen LogP) is 1.37. The average molecular weight is 386 g/mol. The fraction of sp³-hybridized carbons (Fsp3) is 0.619. The molecule has 0 aliphatic carbocycles. The lowest BCUT2D eigenvalue weighted by Gasteiger charge is -2.43. The monoisotopic (exact) mass is 385 g/mol. The Labute approximate surface area is 167 Å². The molecule has 3 saturated heterocycles. The van der Waals surface area contributed by atoms with E-state index in [4.69, 9.17) is 0 Å². The van der Waals surface area contributed by atoms with Crippen LogP contribution in [0.1, 0.15) is 25.8 Å². The number of hydrogen-bond donors (Lipinski definition) is 1. The van der Waals surface area contributed by atoms with Crippen molar-refractivity contribution in [2.75, 3.05) is 33.2 Å². The number of imide groups is 1. The normalized spacial score (nSPS) is 28.8. The predicted molar refractivity (Wildman–Crippen MR) is 107 cm³/mol. The Bertz CT molecular complexity index is 725. The molecule has 28 heavy (non-hydrogen) atoms. The lowest BCUT2D eigenvalue weighted by atomic mass is 10.1. The van der Waals surface area contributed by atoms with Gasteiger partial charge in [0.05, 0.1) is 0 Å². The molecule has 7 heteroatoms. The summed E-state index contributed by atoms with van der Waals surface area (Å²) in [5.74, 6) is 0.202. The van der Waals surface area contributed by atoms with Gasteiger partial charge >= 0.3 is 6.03 Å². The second-order valence-corrected chi connectivity index (χ2v) is 8.53. The fourth-order valence-corrected chi connectivity index (χ4v) is 4.68. The van der Waals surface area contributed by atoms with Gasteiger partial charge < -0.3 is 4.90 Å². The molecule has 0 saturated carbocycles. The maximum absolute atomic E-state index is 13.2. The van der Waals surface area contributed by atoms with Gasteiger partial charge in [0.15, 0.2) is 0 Å². The molecule has 3 fully saturated rings. The molecule has 3 atom stereocenters. The lowest BCUT2D eigenvalue weighted by molar-refractivity contribution is -0.140. The van der Waals surface area contributed by atoms with E-state index in [-0.39, 0.29) is 36.4 Å². The number of hydrogen-bond acceptors (Lipinski definition) is 5. The summed E-state index contributed by atoms with van der Waals surface area (Å²) in [6.45, 7) is 7.36. The van der Waals surface area contributed by atoms with Crippen LogP contribution in [0.5, 0.6) is 0 Å². The quantitative estimate of drug-likeness (QED) is 0.830. The summed E-state index contributed by atoms with van der Waals surface area (Å²) in [5, 5.41) is 3.58. The van der Waals surface area contributed by atoms with Gasteiger partial charge in [-0.1, -0.05) is 44.2 Å². The molecule has 4 rings (SSSR count). The summed E-state index contributed by atoms with van der Waals surface area (Å²) < 4.78 is 0. The minimum absolute atomic E-state index is 0.00524. The first-order valence-corrected chi connectivity index (χ1v) is 10.4. The number of carbonyl (C=O) groups is 2. The summed E-state index contributed by atoms with van der Waals surface area (Å²) in [5.41, 5.74) is 1.32. The van der Waals surface area contributed by atoms with E-state index < -0.39 is 0 Å². The molecule has 1 aromatic rings. The van der Waals surface area contributed by atoms with Crippen molar-refractivity contribution in [1.82, 2.24) is 24.9 Å². The molecule has 3 aliphatic rings. The maximum atomic E-state index is 13.2. The number of benzene rings is 1. The van der Waals surface area contributed by atoms with Crippen LogP contribution < -0.4 is 5.32 Å². The number of nitrogens with one attached hydrogen (secondary N) is 1. The van der Waals surface area contributed by atoms with Gasteiger partial charge in [-0.25, -0.2) is 4.79 Å². The Balaban J connectivity index is 1.51. The Hall–Kier alpha value is -1.96. The molecular formula is C21H31N5O2. The fourth-order valence-electron chi connectivity index (χ4n) is 4.68. The SMILES string of the molecule is CC(C)CN1C(=O)C2C(NC3N(CCc4ccccc4)CCCN23)N(C)C1=O. The lowest BCUT2D eigenvalue weighted by Crippen LogP contribution is -2.66. The van der Waals surface area contributed by atoms with Crippen molar-refractivity contribution in [1.29, 1.82) is 0 Å². The van der Waals surface area contributed by atoms with Gasteiger partial charge in [0, 0.05) is 33.2 Å². The zero-order chi connectivity index (χ0) is 19.8. The van der Waals surface area contributed by atoms with Crippen LogP contribution in [0.4, 0.5) is 4.79 Å². The summed E-state index contributed by atoms with van der Waals surface area (Å²) in [7, 11) is 1.81. The molecular weight excluding hydrogens is 354 g/mol. The van der Waals surface area contributed by atoms with Crippen LogP contribution in [0, 0.1) is 5.92 Å². The highest BCUT2D eigenvalue weighted by molar-refractivity contribution is 6.00. The number of carbonyl (C=O) groups excluding carboxylic acids is 2. The minimum Gasteiger partial charge on any atom is -0.310 e. The smallest absolute Gasteiger partial charge is 0.310 e. The minimum atomic E-state index is -0.300. The van der Waals surface area contributed by atoms with Crippen LogP contribution in [-0.4, -0.2) is 83.3 Å². The zero-order valence-electron chi connectivity index (χ0n) is 17.0. The third-order valence-corrected chi connectivity index (χ3v) is 6.05. The summed E-state index contributed by atoms with van der Waals surface area (Å²) >= 11 is 0. The maximum Gasteiger partial charge on any atom is 0.327 e. The van der Waals surface area contributed by atoms with E-state index in [9.17, 15) is 9.59 Å². The first kappa shape index (κ1) is 19.4. The zero-order valence-corrected chi connectivity index (χ0v) is 17.0. The molecule has 3 amide bonds. The van der Waals surface area contributed by atoms with Crippen LogP contribution in [0.25, 0.3) is 0 Å². The van der Waals surface area contributed by atoms with E-state index >= 15 is 0 Å². The van der Waals surface area contributed by atoms with Gasteiger partial charge in [-0.05, 0) is 24.3 Å². The molecule has 0 radical (unpaired) electrons. The summed E-state index contributed by atoms with van der Waals surface area (Å²) in [4.78, 5) is 33.8. The van der Waals surface area contributed by atoms with E-state index in [1.54, 1.807) is 11.9 Å². The number of fused-ring (bicyclic) bond motifs is 3. The highest BCUT2D eigenvalue weighted by Crippen LogP contribution is 2.31. The number of urea groups is 1. The van der Waals surface area contributed by atoms with Gasteiger partial charge in [0.25, 0.3) is 5.91 Å². The molecule has 0 bridgehead atoms. The molecule has 7 nitrogen and oxygen atoms in total. The topological polar surface area (TPSA) is 59.1 Å². The number of nitrogens with zero attached hydrogens (tertiary/aromatic N) is 4. The first-order valence-electron chi connectivity index (χ1n) is 10.4. The second-order valence-electron chi connectivity index (χ2n) is 8.53. The van der Waals surface area contributed by atoms with Crippen LogP contribution in [0.2, 0.25) is 0 Å². The van der Waals surface area contributed by atoms with Gasteiger partial charge in [-0.2, -0.15) is 0 Å². The molecule has 0 aromatic heterocycles. The van der Waals surface area contributed by atoms with Crippen molar-refractivity contribution in [3.8, 4) is 0 Å². The van der Waals surface area contributed by atoms with Crippen molar-refractivity contribution in [2.24, 2.45) is 5.92 Å². The van der Waals surface area contributed by atoms with Gasteiger partial charge in [0.1, 0.15) is 18.5 Å². The van der Waals surface area contributed by atoms with E-state index in [0.29, 0.717) is 6.54 Å². The Morgan fingerprint density at radius 2 is 1.89 bits per heavy atom. The number of amides is 3. The molecule has 1 N–H and O–H groups in total. The van der Waals surface area contributed by atoms with Gasteiger partial charge in [-0.3, -0.25) is 24.8 Å². The molecule has 0 spiro atoms. The Morgan fingerprint density at radius 1 is 1.14 bits per heavy atom. The molecule has 152 valence electrons. The largest absolute Gasteiger partial charge is 0.327 e. The van der Waals surface area contributed by atoms with Crippen LogP contribution in [-0.2, 0) is 11.2 Å². The van der Waals surface area contributed by atoms with Crippen molar-refractivity contribution < 1.29 is 9.59 Å². The molecule has 1 aromatic carbocycles. The van der Waals surface area contributed by atoms with Crippen molar-refractivity contribution >= 4 is 11.9 Å². The van der Waals surface area contributed by atoms with E-state index in [0.717, 1.165) is 32.5 Å². The Kier molecular flexibility index (Phi) is 5.40. The Morgan fingerprint density at radius 3 is 2.61 bits per heavy atom. The van der Waals surface area contributed by atoms with E-state index in [2.05, 4.69) is 39.4 Å². The van der Waals surface area contributed by atoms with Gasteiger partial charge in [-0.15, -0.1) is 0 Å². The molecule has 3 aliphatic heterocycles. The van der Waals surface area contributed by atoms with E-state index in [1.807, 2.05) is 19.9 Å². The highest BCUT2D eigenvalue weighted by Gasteiger charge is 2.55. The third kappa shape index (κ3) is 3.43. The van der Waals surface area contributed by atoms with Gasteiger partial charge in [0.2, 0.25) is 0 Å². The second kappa shape index (κ2) is 7.81. The molecule has 3 heterocycles. The van der Waals surface area contributed by atoms with E-state index in [1.165, 1.54) is 10.5 Å². The summed E-state index contributed by atoms with van der Waals surface area (Å²) in [6, 6.07) is 10.0. The number of likely N-dealkylation sites (N-methyl/N-ethyl adjacent to an activating group) is 1. The van der Waals surface area contributed by atoms with Crippen molar-refractivity contribution in [3.05, 3.63) is 35.9 Å². The molecule has 3 unspecified atom stereocenters. The average Bonchev–Trinajstić information content (AvgIpc) is 3.09. The van der Waals surface area contributed by atoms with Crippen molar-refractivity contribution in [2.45, 2.75) is 45.2 Å². The highest BCUT2D eigenvalue weighted by atomic mass is 16.2. The van der Waals surface area contributed by atoms with Crippen LogP contribution >= 0.6 is 0 Å². The van der Waals surface area contributed by atoms with Crippen molar-refractivity contribution in [3.63, 3.8) is 0 Å². The van der Waals surface area contributed by atoms with Crippen LogP contribution in [0.15, 0.2) is 30.3 Å². The first-order chi connectivity index (χ1) is 13.5. The standard InChI is InChI=1S/C21H31N5O2/c1-15(2)14-26-19(27)17-18(23(3)21(26)28)22-20-24(11-7-12-25(17)20)13-10-16-8-5-4-6-9-16/h4-6,8-9,15,17-18,20,22H,7,10-14H2,1-3H3.